The minimum absolute atomic E-state index is 0.0252. The Hall–Kier alpha value is -2.11. The van der Waals surface area contributed by atoms with Gasteiger partial charge in [-0.05, 0) is 37.8 Å². The number of aromatic nitrogens is 1. The molecule has 1 N–H and O–H groups in total. The molecule has 1 aromatic rings. The van der Waals surface area contributed by atoms with Crippen molar-refractivity contribution >= 4 is 17.6 Å². The predicted octanol–water partition coefficient (Wildman–Crippen LogP) is 1.95. The zero-order valence-corrected chi connectivity index (χ0v) is 12.7. The van der Waals surface area contributed by atoms with E-state index in [1.807, 2.05) is 15.9 Å². The Balaban J connectivity index is 1.48. The standard InChI is InChI=1S/C16H22N4O2/c21-15(18-14-4-3-7-17-12-14)13-5-10-20(11-6-13)16(22)19-8-1-2-9-19/h3-4,7,12-13H,1-2,5-6,8-11H2,(H,18,21). The fourth-order valence-electron chi connectivity index (χ4n) is 3.12. The lowest BCUT2D eigenvalue weighted by Gasteiger charge is -2.34. The lowest BCUT2D eigenvalue weighted by Crippen LogP contribution is -2.47. The number of urea groups is 1. The topological polar surface area (TPSA) is 65.5 Å². The Bertz CT molecular complexity index is 520. The summed E-state index contributed by atoms with van der Waals surface area (Å²) in [6, 6.07) is 3.77. The van der Waals surface area contributed by atoms with E-state index in [0.29, 0.717) is 13.1 Å². The largest absolute Gasteiger partial charge is 0.325 e. The van der Waals surface area contributed by atoms with E-state index in [4.69, 9.17) is 0 Å². The number of anilines is 1. The first kappa shape index (κ1) is 14.8. The van der Waals surface area contributed by atoms with Crippen LogP contribution in [-0.4, -0.2) is 52.9 Å². The van der Waals surface area contributed by atoms with Gasteiger partial charge in [0.15, 0.2) is 0 Å². The van der Waals surface area contributed by atoms with Crippen LogP contribution in [0.15, 0.2) is 24.5 Å². The molecule has 0 aromatic carbocycles. The number of carbonyl (C=O) groups excluding carboxylic acids is 2. The lowest BCUT2D eigenvalue weighted by molar-refractivity contribution is -0.121. The summed E-state index contributed by atoms with van der Waals surface area (Å²) in [4.78, 5) is 32.4. The highest BCUT2D eigenvalue weighted by Crippen LogP contribution is 2.21. The molecule has 118 valence electrons. The molecule has 0 atom stereocenters. The van der Waals surface area contributed by atoms with E-state index in [1.165, 1.54) is 0 Å². The first-order valence-corrected chi connectivity index (χ1v) is 7.99. The summed E-state index contributed by atoms with van der Waals surface area (Å²) in [5.74, 6) is 0.00380. The lowest BCUT2D eigenvalue weighted by atomic mass is 9.96. The van der Waals surface area contributed by atoms with Crippen LogP contribution in [0.5, 0.6) is 0 Å². The summed E-state index contributed by atoms with van der Waals surface area (Å²) in [7, 11) is 0. The van der Waals surface area contributed by atoms with Crippen LogP contribution in [0.1, 0.15) is 25.7 Å². The molecule has 22 heavy (non-hydrogen) atoms. The van der Waals surface area contributed by atoms with Gasteiger partial charge in [-0.15, -0.1) is 0 Å². The van der Waals surface area contributed by atoms with Crippen LogP contribution in [0.4, 0.5) is 10.5 Å². The maximum Gasteiger partial charge on any atom is 0.319 e. The molecule has 3 heterocycles. The van der Waals surface area contributed by atoms with Gasteiger partial charge < -0.3 is 15.1 Å². The highest BCUT2D eigenvalue weighted by molar-refractivity contribution is 5.92. The number of nitrogens with one attached hydrogen (secondary N) is 1. The van der Waals surface area contributed by atoms with Crippen molar-refractivity contribution in [3.8, 4) is 0 Å². The van der Waals surface area contributed by atoms with Crippen molar-refractivity contribution in [2.45, 2.75) is 25.7 Å². The first-order valence-electron chi connectivity index (χ1n) is 7.99. The van der Waals surface area contributed by atoms with E-state index >= 15 is 0 Å². The number of carbonyl (C=O) groups is 2. The van der Waals surface area contributed by atoms with E-state index in [0.717, 1.165) is 44.5 Å². The molecule has 0 aliphatic carbocycles. The van der Waals surface area contributed by atoms with E-state index in [9.17, 15) is 9.59 Å². The quantitative estimate of drug-likeness (QED) is 0.908. The number of rotatable bonds is 2. The summed E-state index contributed by atoms with van der Waals surface area (Å²) >= 11 is 0. The molecule has 0 bridgehead atoms. The Morgan fingerprint density at radius 3 is 2.41 bits per heavy atom. The number of hydrogen-bond acceptors (Lipinski definition) is 3. The molecule has 0 spiro atoms. The Kier molecular flexibility index (Phi) is 4.56. The van der Waals surface area contributed by atoms with Crippen LogP contribution >= 0.6 is 0 Å². The van der Waals surface area contributed by atoms with Gasteiger partial charge in [0.2, 0.25) is 5.91 Å². The Morgan fingerprint density at radius 2 is 1.77 bits per heavy atom. The van der Waals surface area contributed by atoms with E-state index in [-0.39, 0.29) is 17.9 Å². The zero-order chi connectivity index (χ0) is 15.4. The molecule has 2 fully saturated rings. The van der Waals surface area contributed by atoms with Gasteiger partial charge in [-0.2, -0.15) is 0 Å². The predicted molar refractivity (Wildman–Crippen MR) is 83.4 cm³/mol. The van der Waals surface area contributed by atoms with Crippen LogP contribution < -0.4 is 5.32 Å². The maximum absolute atomic E-state index is 12.3. The fourth-order valence-corrected chi connectivity index (χ4v) is 3.12. The van der Waals surface area contributed by atoms with Gasteiger partial charge in [0.1, 0.15) is 0 Å². The third-order valence-corrected chi connectivity index (χ3v) is 4.44. The van der Waals surface area contributed by atoms with Gasteiger partial charge in [0.05, 0.1) is 11.9 Å². The second-order valence-corrected chi connectivity index (χ2v) is 5.97. The van der Waals surface area contributed by atoms with Gasteiger partial charge in [-0.25, -0.2) is 4.79 Å². The molecule has 2 aliphatic heterocycles. The highest BCUT2D eigenvalue weighted by Gasteiger charge is 2.30. The van der Waals surface area contributed by atoms with Crippen molar-refractivity contribution in [2.24, 2.45) is 5.92 Å². The monoisotopic (exact) mass is 302 g/mol. The van der Waals surface area contributed by atoms with Crippen LogP contribution in [0, 0.1) is 5.92 Å². The van der Waals surface area contributed by atoms with Crippen molar-refractivity contribution < 1.29 is 9.59 Å². The van der Waals surface area contributed by atoms with Gasteiger partial charge in [-0.3, -0.25) is 9.78 Å². The number of hydrogen-bond donors (Lipinski definition) is 1. The number of amides is 3. The van der Waals surface area contributed by atoms with Crippen molar-refractivity contribution in [3.63, 3.8) is 0 Å². The van der Waals surface area contributed by atoms with Gasteiger partial charge >= 0.3 is 6.03 Å². The minimum Gasteiger partial charge on any atom is -0.325 e. The molecule has 6 nitrogen and oxygen atoms in total. The van der Waals surface area contributed by atoms with Crippen LogP contribution in [0.25, 0.3) is 0 Å². The third-order valence-electron chi connectivity index (χ3n) is 4.44. The van der Waals surface area contributed by atoms with Crippen molar-refractivity contribution in [1.82, 2.24) is 14.8 Å². The molecular formula is C16H22N4O2. The van der Waals surface area contributed by atoms with Crippen molar-refractivity contribution in [2.75, 3.05) is 31.5 Å². The molecule has 0 saturated carbocycles. The summed E-state index contributed by atoms with van der Waals surface area (Å²) in [6.07, 6.45) is 6.99. The van der Waals surface area contributed by atoms with Gasteiger partial charge in [0, 0.05) is 38.3 Å². The Morgan fingerprint density at radius 1 is 1.09 bits per heavy atom. The zero-order valence-electron chi connectivity index (χ0n) is 12.7. The number of pyridine rings is 1. The first-order chi connectivity index (χ1) is 10.7. The molecule has 2 aliphatic rings. The molecule has 0 radical (unpaired) electrons. The smallest absolute Gasteiger partial charge is 0.319 e. The van der Waals surface area contributed by atoms with E-state index < -0.39 is 0 Å². The van der Waals surface area contributed by atoms with Crippen LogP contribution in [0.3, 0.4) is 0 Å². The minimum atomic E-state index is -0.0252. The summed E-state index contributed by atoms with van der Waals surface area (Å²) < 4.78 is 0. The number of likely N-dealkylation sites (tertiary alicyclic amines) is 2. The molecule has 0 unspecified atom stereocenters. The molecule has 1 aromatic heterocycles. The average Bonchev–Trinajstić information content (AvgIpc) is 3.10. The van der Waals surface area contributed by atoms with Gasteiger partial charge in [-0.1, -0.05) is 0 Å². The highest BCUT2D eigenvalue weighted by atomic mass is 16.2. The maximum atomic E-state index is 12.3. The van der Waals surface area contributed by atoms with Crippen LogP contribution in [0.2, 0.25) is 0 Å². The van der Waals surface area contributed by atoms with Crippen molar-refractivity contribution in [3.05, 3.63) is 24.5 Å². The Labute approximate surface area is 130 Å². The molecule has 3 rings (SSSR count). The van der Waals surface area contributed by atoms with E-state index in [1.54, 1.807) is 18.5 Å². The van der Waals surface area contributed by atoms with Crippen molar-refractivity contribution in [1.29, 1.82) is 0 Å². The summed E-state index contributed by atoms with van der Waals surface area (Å²) in [6.45, 7) is 3.08. The SMILES string of the molecule is O=C(Nc1cccnc1)C1CCN(C(=O)N2CCCC2)CC1. The number of nitrogens with zero attached hydrogens (tertiary/aromatic N) is 3. The second-order valence-electron chi connectivity index (χ2n) is 5.97. The number of piperidine rings is 1. The summed E-state index contributed by atoms with van der Waals surface area (Å²) in [5, 5.41) is 2.90. The fraction of sp³-hybridized carbons (Fsp3) is 0.562. The summed E-state index contributed by atoms with van der Waals surface area (Å²) in [5.41, 5.74) is 0.725. The van der Waals surface area contributed by atoms with Crippen LogP contribution in [-0.2, 0) is 4.79 Å². The molecule has 3 amide bonds. The third kappa shape index (κ3) is 3.37. The average molecular weight is 302 g/mol. The normalized spacial score (nSPS) is 19.3. The van der Waals surface area contributed by atoms with Gasteiger partial charge in [0.25, 0.3) is 0 Å². The molecule has 6 heteroatoms. The molecular weight excluding hydrogens is 280 g/mol. The van der Waals surface area contributed by atoms with E-state index in [2.05, 4.69) is 10.3 Å². The second kappa shape index (κ2) is 6.77. The molecule has 2 saturated heterocycles.